The highest BCUT2D eigenvalue weighted by Crippen LogP contribution is 2.23. The summed E-state index contributed by atoms with van der Waals surface area (Å²) in [7, 11) is 0. The maximum absolute atomic E-state index is 6.05. The molecule has 0 aliphatic rings. The van der Waals surface area contributed by atoms with Gasteiger partial charge in [0.2, 0.25) is 0 Å². The molecule has 0 unspecified atom stereocenters. The van der Waals surface area contributed by atoms with Crippen molar-refractivity contribution in [2.24, 2.45) is 0 Å². The van der Waals surface area contributed by atoms with Crippen molar-refractivity contribution < 1.29 is 0 Å². The third-order valence-corrected chi connectivity index (χ3v) is 2.31. The average Bonchev–Trinajstić information content (AvgIpc) is 2.51. The van der Waals surface area contributed by atoms with Gasteiger partial charge in [0, 0.05) is 11.6 Å². The molecule has 0 aliphatic carbocycles. The Morgan fingerprint density at radius 3 is 3.00 bits per heavy atom. The molecular weight excluding hydrogens is 182 g/mol. The van der Waals surface area contributed by atoms with E-state index in [1.165, 1.54) is 0 Å². The first-order valence-corrected chi connectivity index (χ1v) is 4.37. The fourth-order valence-corrected chi connectivity index (χ4v) is 1.73. The molecule has 13 heavy (non-hydrogen) atoms. The second-order valence-corrected chi connectivity index (χ2v) is 3.23. The van der Waals surface area contributed by atoms with Gasteiger partial charge in [-0.05, 0) is 12.1 Å². The Morgan fingerprint density at radius 2 is 2.23 bits per heavy atom. The van der Waals surface area contributed by atoms with Crippen molar-refractivity contribution in [3.05, 3.63) is 35.5 Å². The van der Waals surface area contributed by atoms with Crippen LogP contribution in [0.15, 0.2) is 30.5 Å². The van der Waals surface area contributed by atoms with Crippen LogP contribution in [0.25, 0.3) is 10.9 Å². The number of nitrogens with zero attached hydrogens (tertiary/aromatic N) is 1. The molecule has 0 fully saturated rings. The van der Waals surface area contributed by atoms with Crippen LogP contribution in [0, 0.1) is 12.3 Å². The summed E-state index contributed by atoms with van der Waals surface area (Å²) in [6, 6.07) is 7.84. The molecule has 1 nitrogen and oxygen atoms in total. The van der Waals surface area contributed by atoms with Crippen molar-refractivity contribution in [1.82, 2.24) is 4.57 Å². The zero-order valence-corrected chi connectivity index (χ0v) is 7.75. The Balaban J connectivity index is 2.73. The molecule has 0 amide bonds. The van der Waals surface area contributed by atoms with Crippen molar-refractivity contribution in [3.63, 3.8) is 0 Å². The fourth-order valence-electron chi connectivity index (χ4n) is 1.44. The third kappa shape index (κ3) is 1.30. The quantitative estimate of drug-likeness (QED) is 0.608. The molecular formula is C11H8ClN. The van der Waals surface area contributed by atoms with Gasteiger partial charge in [0.15, 0.2) is 0 Å². The third-order valence-electron chi connectivity index (χ3n) is 2.00. The molecule has 0 saturated heterocycles. The van der Waals surface area contributed by atoms with Crippen LogP contribution in [-0.2, 0) is 6.54 Å². The summed E-state index contributed by atoms with van der Waals surface area (Å²) in [5.74, 6) is 2.59. The standard InChI is InChI=1S/C11H8ClN/c1-2-7-13-8-6-9-4-3-5-10(12)11(9)13/h1,3-6,8H,7H2. The molecule has 0 radical (unpaired) electrons. The van der Waals surface area contributed by atoms with Crippen molar-refractivity contribution >= 4 is 22.5 Å². The number of hydrogen-bond acceptors (Lipinski definition) is 0. The zero-order chi connectivity index (χ0) is 9.26. The van der Waals surface area contributed by atoms with E-state index in [-0.39, 0.29) is 0 Å². The lowest BCUT2D eigenvalue weighted by Gasteiger charge is -2.01. The van der Waals surface area contributed by atoms with Gasteiger partial charge in [0.05, 0.1) is 17.1 Å². The number of rotatable bonds is 1. The van der Waals surface area contributed by atoms with E-state index in [9.17, 15) is 0 Å². The van der Waals surface area contributed by atoms with Gasteiger partial charge in [-0.15, -0.1) is 6.42 Å². The first kappa shape index (κ1) is 8.22. The molecule has 0 spiro atoms. The van der Waals surface area contributed by atoms with E-state index in [4.69, 9.17) is 18.0 Å². The smallest absolute Gasteiger partial charge is 0.0835 e. The van der Waals surface area contributed by atoms with Crippen LogP contribution in [0.5, 0.6) is 0 Å². The zero-order valence-electron chi connectivity index (χ0n) is 7.00. The summed E-state index contributed by atoms with van der Waals surface area (Å²) in [4.78, 5) is 0. The van der Waals surface area contributed by atoms with E-state index < -0.39 is 0 Å². The molecule has 2 rings (SSSR count). The first-order valence-electron chi connectivity index (χ1n) is 4.00. The van der Waals surface area contributed by atoms with Crippen molar-refractivity contribution in [2.75, 3.05) is 0 Å². The van der Waals surface area contributed by atoms with Crippen LogP contribution in [0.3, 0.4) is 0 Å². The van der Waals surface area contributed by atoms with Gasteiger partial charge in [0.1, 0.15) is 0 Å². The summed E-state index contributed by atoms with van der Waals surface area (Å²) in [5.41, 5.74) is 1.02. The Labute approximate surface area is 81.9 Å². The fraction of sp³-hybridized carbons (Fsp3) is 0.0909. The summed E-state index contributed by atoms with van der Waals surface area (Å²) < 4.78 is 1.97. The maximum Gasteiger partial charge on any atom is 0.0835 e. The van der Waals surface area contributed by atoms with Gasteiger partial charge in [-0.3, -0.25) is 0 Å². The normalized spacial score (nSPS) is 10.2. The lowest BCUT2D eigenvalue weighted by Crippen LogP contribution is -1.92. The molecule has 1 aromatic carbocycles. The van der Waals surface area contributed by atoms with E-state index >= 15 is 0 Å². The second-order valence-electron chi connectivity index (χ2n) is 2.83. The number of para-hydroxylation sites is 1. The molecule has 0 atom stereocenters. The number of halogens is 1. The van der Waals surface area contributed by atoms with Crippen LogP contribution >= 0.6 is 11.6 Å². The number of hydrogen-bond donors (Lipinski definition) is 0. The van der Waals surface area contributed by atoms with Crippen molar-refractivity contribution in [3.8, 4) is 12.3 Å². The monoisotopic (exact) mass is 189 g/mol. The Kier molecular flexibility index (Phi) is 2.00. The minimum absolute atomic E-state index is 0.563. The van der Waals surface area contributed by atoms with Crippen LogP contribution in [0.1, 0.15) is 0 Å². The van der Waals surface area contributed by atoms with E-state index in [0.717, 1.165) is 15.9 Å². The number of aromatic nitrogens is 1. The molecule has 1 aromatic heterocycles. The molecule has 1 heterocycles. The van der Waals surface area contributed by atoms with E-state index in [1.54, 1.807) is 0 Å². The highest BCUT2D eigenvalue weighted by Gasteiger charge is 2.02. The lowest BCUT2D eigenvalue weighted by atomic mass is 10.2. The molecule has 0 saturated carbocycles. The van der Waals surface area contributed by atoms with Gasteiger partial charge < -0.3 is 4.57 Å². The predicted molar refractivity (Wildman–Crippen MR) is 55.8 cm³/mol. The average molecular weight is 190 g/mol. The van der Waals surface area contributed by atoms with Gasteiger partial charge >= 0.3 is 0 Å². The Hall–Kier alpha value is -1.39. The van der Waals surface area contributed by atoms with E-state index in [1.807, 2.05) is 35.0 Å². The van der Waals surface area contributed by atoms with Gasteiger partial charge in [-0.2, -0.15) is 0 Å². The number of fused-ring (bicyclic) bond motifs is 1. The molecule has 0 bridgehead atoms. The summed E-state index contributed by atoms with van der Waals surface area (Å²) in [5, 5.41) is 1.88. The molecule has 0 aliphatic heterocycles. The summed E-state index contributed by atoms with van der Waals surface area (Å²) in [6.07, 6.45) is 7.20. The van der Waals surface area contributed by atoms with Crippen LogP contribution in [0.4, 0.5) is 0 Å². The van der Waals surface area contributed by atoms with Gasteiger partial charge in [-0.25, -0.2) is 0 Å². The van der Waals surface area contributed by atoms with Crippen LogP contribution in [0.2, 0.25) is 5.02 Å². The van der Waals surface area contributed by atoms with Crippen molar-refractivity contribution in [2.45, 2.75) is 6.54 Å². The maximum atomic E-state index is 6.05. The highest BCUT2D eigenvalue weighted by molar-refractivity contribution is 6.35. The molecule has 0 N–H and O–H groups in total. The molecule has 64 valence electrons. The number of terminal acetylenes is 1. The highest BCUT2D eigenvalue weighted by atomic mass is 35.5. The van der Waals surface area contributed by atoms with Crippen molar-refractivity contribution in [1.29, 1.82) is 0 Å². The Bertz CT molecular complexity index is 476. The second kappa shape index (κ2) is 3.16. The largest absolute Gasteiger partial charge is 0.335 e. The van der Waals surface area contributed by atoms with Crippen LogP contribution < -0.4 is 0 Å². The molecule has 2 heteroatoms. The Morgan fingerprint density at radius 1 is 1.38 bits per heavy atom. The van der Waals surface area contributed by atoms with Gasteiger partial charge in [0.25, 0.3) is 0 Å². The van der Waals surface area contributed by atoms with E-state index in [2.05, 4.69) is 5.92 Å². The summed E-state index contributed by atoms with van der Waals surface area (Å²) >= 11 is 6.05. The molecule has 2 aromatic rings. The number of benzene rings is 1. The van der Waals surface area contributed by atoms with Crippen LogP contribution in [-0.4, -0.2) is 4.57 Å². The summed E-state index contributed by atoms with van der Waals surface area (Å²) in [6.45, 7) is 0.563. The van der Waals surface area contributed by atoms with Gasteiger partial charge in [-0.1, -0.05) is 29.7 Å². The SMILES string of the molecule is C#CCn1ccc2cccc(Cl)c21. The minimum atomic E-state index is 0.563. The minimum Gasteiger partial charge on any atom is -0.335 e. The lowest BCUT2D eigenvalue weighted by molar-refractivity contribution is 0.887. The predicted octanol–water partition coefficient (Wildman–Crippen LogP) is 2.93. The van der Waals surface area contributed by atoms with E-state index in [0.29, 0.717) is 6.54 Å². The first-order chi connectivity index (χ1) is 6.33. The topological polar surface area (TPSA) is 4.93 Å².